The van der Waals surface area contributed by atoms with E-state index in [1.165, 1.54) is 0 Å². The number of carbonyl (C=O) groups excluding carboxylic acids is 2. The van der Waals surface area contributed by atoms with E-state index in [2.05, 4.69) is 30.2 Å². The molecule has 0 atom stereocenters. The fourth-order valence-electron chi connectivity index (χ4n) is 1.72. The van der Waals surface area contributed by atoms with Crippen LogP contribution in [0.1, 0.15) is 16.9 Å². The van der Waals surface area contributed by atoms with Crippen molar-refractivity contribution in [3.05, 3.63) is 22.5 Å². The molecule has 13 heteroatoms. The van der Waals surface area contributed by atoms with Crippen LogP contribution in [0.3, 0.4) is 0 Å². The summed E-state index contributed by atoms with van der Waals surface area (Å²) in [5, 5.41) is 9.89. The molecule has 2 aromatic heterocycles. The molecule has 3 N–H and O–H groups in total. The molecular formula is C10H12BN8O4. The number of aryl methyl sites for hydroxylation is 1. The average molecular weight is 319 g/mol. The molecule has 0 unspecified atom stereocenters. The van der Waals surface area contributed by atoms with Crippen LogP contribution in [-0.4, -0.2) is 57.3 Å². The first-order valence-corrected chi connectivity index (χ1v) is 6.42. The zero-order valence-electron chi connectivity index (χ0n) is 11.9. The van der Waals surface area contributed by atoms with Gasteiger partial charge in [-0.1, -0.05) is 0 Å². The molecule has 0 aliphatic carbocycles. The second kappa shape index (κ2) is 7.24. The van der Waals surface area contributed by atoms with Crippen molar-refractivity contribution in [3.63, 3.8) is 0 Å². The quantitative estimate of drug-likeness (QED) is 0.433. The van der Waals surface area contributed by atoms with Gasteiger partial charge in [0.15, 0.2) is 5.69 Å². The molecule has 23 heavy (non-hydrogen) atoms. The Balaban J connectivity index is 1.98. The van der Waals surface area contributed by atoms with Crippen LogP contribution in [0, 0.1) is 0 Å². The van der Waals surface area contributed by atoms with Crippen molar-refractivity contribution in [2.24, 2.45) is 10.6 Å². The molecule has 2 aromatic rings. The van der Waals surface area contributed by atoms with Crippen LogP contribution in [-0.2, 0) is 11.3 Å². The zero-order valence-corrected chi connectivity index (χ0v) is 11.9. The number of primary amides is 1. The van der Waals surface area contributed by atoms with Crippen molar-refractivity contribution in [1.82, 2.24) is 29.7 Å². The summed E-state index contributed by atoms with van der Waals surface area (Å²) >= 11 is 0. The second-order valence-electron chi connectivity index (χ2n) is 4.27. The van der Waals surface area contributed by atoms with Crippen LogP contribution in [0.5, 0.6) is 0 Å². The molecule has 119 valence electrons. The number of ether oxygens (including phenoxy) is 1. The van der Waals surface area contributed by atoms with Gasteiger partial charge in [0.25, 0.3) is 5.91 Å². The van der Waals surface area contributed by atoms with Crippen molar-refractivity contribution < 1.29 is 14.3 Å². The van der Waals surface area contributed by atoms with Crippen LogP contribution >= 0.6 is 0 Å². The standard InChI is InChI=1S/C10H12BN8O4/c11-15-5-23-9(21)13-2-1-3-19-10(22)18-4-14-6(7(12)20)8(18)16-17-19/h4H,1-3,5H2,(H2,12,20)(H,13,21). The third-order valence-corrected chi connectivity index (χ3v) is 2.74. The molecule has 0 fully saturated rings. The first-order chi connectivity index (χ1) is 11.0. The fraction of sp³-hybridized carbons (Fsp3) is 0.400. The molecule has 2 amide bonds. The van der Waals surface area contributed by atoms with Gasteiger partial charge in [-0.25, -0.2) is 4.98 Å². The number of imidazole rings is 1. The Morgan fingerprint density at radius 1 is 1.48 bits per heavy atom. The van der Waals surface area contributed by atoms with Crippen LogP contribution in [0.15, 0.2) is 16.0 Å². The number of aromatic nitrogens is 5. The summed E-state index contributed by atoms with van der Waals surface area (Å²) in [4.78, 5) is 41.2. The Hall–Kier alpha value is -3.12. The van der Waals surface area contributed by atoms with E-state index in [0.29, 0.717) is 6.42 Å². The van der Waals surface area contributed by atoms with Crippen molar-refractivity contribution in [2.45, 2.75) is 13.0 Å². The van der Waals surface area contributed by atoms with E-state index < -0.39 is 17.7 Å². The maximum absolute atomic E-state index is 12.1. The third-order valence-electron chi connectivity index (χ3n) is 2.74. The normalized spacial score (nSPS) is 10.4. The van der Waals surface area contributed by atoms with E-state index in [-0.39, 0.29) is 31.2 Å². The van der Waals surface area contributed by atoms with E-state index in [9.17, 15) is 14.4 Å². The van der Waals surface area contributed by atoms with Gasteiger partial charge in [-0.2, -0.15) is 0 Å². The number of nitrogens with one attached hydrogen (secondary N) is 1. The summed E-state index contributed by atoms with van der Waals surface area (Å²) in [5.74, 6) is -0.800. The maximum atomic E-state index is 12.1. The fourth-order valence-corrected chi connectivity index (χ4v) is 1.72. The Labute approximate surface area is 129 Å². The summed E-state index contributed by atoms with van der Waals surface area (Å²) in [6.07, 6.45) is 0.870. The van der Waals surface area contributed by atoms with E-state index in [4.69, 9.17) is 13.4 Å². The molecule has 1 radical (unpaired) electrons. The van der Waals surface area contributed by atoms with Crippen molar-refractivity contribution >= 4 is 25.3 Å². The van der Waals surface area contributed by atoms with E-state index in [0.717, 1.165) is 15.4 Å². The average Bonchev–Trinajstić information content (AvgIpc) is 2.96. The number of rotatable bonds is 7. The Bertz CT molecular complexity index is 800. The molecule has 0 aliphatic heterocycles. The monoisotopic (exact) mass is 319 g/mol. The van der Waals surface area contributed by atoms with Gasteiger partial charge in [0.2, 0.25) is 0 Å². The van der Waals surface area contributed by atoms with Crippen LogP contribution in [0.25, 0.3) is 5.65 Å². The Morgan fingerprint density at radius 3 is 2.96 bits per heavy atom. The van der Waals surface area contributed by atoms with Gasteiger partial charge in [0.1, 0.15) is 0 Å². The van der Waals surface area contributed by atoms with E-state index >= 15 is 0 Å². The summed E-state index contributed by atoms with van der Waals surface area (Å²) in [6.45, 7) is 0.190. The first kappa shape index (κ1) is 16.3. The topological polar surface area (TPSA) is 159 Å². The SMILES string of the molecule is [B]=NCOC(=O)NCCCn1nnc2c(C(N)=O)ncn2c1=O. The number of fused-ring (bicyclic) bond motifs is 1. The van der Waals surface area contributed by atoms with E-state index in [1.807, 2.05) is 0 Å². The van der Waals surface area contributed by atoms with Crippen LogP contribution < -0.4 is 16.7 Å². The molecule has 0 bridgehead atoms. The molecule has 12 nitrogen and oxygen atoms in total. The molecule has 0 saturated heterocycles. The minimum atomic E-state index is -0.800. The molecule has 0 saturated carbocycles. The van der Waals surface area contributed by atoms with Gasteiger partial charge >= 0.3 is 102 Å². The number of amides is 2. The number of nitrogens with zero attached hydrogens (tertiary/aromatic N) is 6. The summed E-state index contributed by atoms with van der Waals surface area (Å²) < 4.78 is 6.69. The van der Waals surface area contributed by atoms with Crippen molar-refractivity contribution in [1.29, 1.82) is 0 Å². The minimum absolute atomic E-state index is 0.00835. The molecule has 2 rings (SSSR count). The Morgan fingerprint density at radius 2 is 2.26 bits per heavy atom. The van der Waals surface area contributed by atoms with Crippen LogP contribution in [0.2, 0.25) is 0 Å². The van der Waals surface area contributed by atoms with Gasteiger partial charge in [-0.3, -0.25) is 4.79 Å². The molecule has 0 aliphatic rings. The van der Waals surface area contributed by atoms with E-state index in [1.54, 1.807) is 0 Å². The van der Waals surface area contributed by atoms with Gasteiger partial charge in [-0.05, 0) is 0 Å². The van der Waals surface area contributed by atoms with Gasteiger partial charge in [0.05, 0.1) is 0 Å². The number of hydrogen-bond donors (Lipinski definition) is 2. The van der Waals surface area contributed by atoms with Gasteiger partial charge in [-0.15, -0.1) is 0 Å². The summed E-state index contributed by atoms with van der Waals surface area (Å²) in [7, 11) is 4.82. The molecule has 2 heterocycles. The summed E-state index contributed by atoms with van der Waals surface area (Å²) in [6, 6.07) is 0. The zero-order chi connectivity index (χ0) is 16.8. The predicted molar refractivity (Wildman–Crippen MR) is 75.7 cm³/mol. The van der Waals surface area contributed by atoms with Gasteiger partial charge in [0, 0.05) is 0 Å². The Kier molecular flexibility index (Phi) is 5.12. The summed E-state index contributed by atoms with van der Waals surface area (Å²) in [5.41, 5.74) is 4.45. The number of nitrogens with two attached hydrogens (primary N) is 1. The first-order valence-electron chi connectivity index (χ1n) is 6.42. The van der Waals surface area contributed by atoms with Crippen LogP contribution in [0.4, 0.5) is 4.79 Å². The number of carbonyl (C=O) groups is 2. The van der Waals surface area contributed by atoms with Gasteiger partial charge < -0.3 is 5.73 Å². The third kappa shape index (κ3) is 3.75. The molecule has 0 aromatic carbocycles. The van der Waals surface area contributed by atoms with Crippen molar-refractivity contribution in [3.8, 4) is 0 Å². The predicted octanol–water partition coefficient (Wildman–Crippen LogP) is -2.19. The number of alkyl carbamates (subject to hydrolysis) is 1. The van der Waals surface area contributed by atoms with Crippen molar-refractivity contribution in [2.75, 3.05) is 13.3 Å². The second-order valence-corrected chi connectivity index (χ2v) is 4.27. The number of hydrogen-bond acceptors (Lipinski definition) is 8. The molecule has 0 spiro atoms. The molecular weight excluding hydrogens is 307 g/mol.